The molecular formula is C22H22N2S4. The average molecular weight is 443 g/mol. The fourth-order valence-corrected chi connectivity index (χ4v) is 4.26. The lowest BCUT2D eigenvalue weighted by molar-refractivity contribution is 0.861. The predicted molar refractivity (Wildman–Crippen MR) is 131 cm³/mol. The smallest absolute Gasteiger partial charge is 0.102 e. The van der Waals surface area contributed by atoms with Gasteiger partial charge in [0.25, 0.3) is 0 Å². The van der Waals surface area contributed by atoms with Gasteiger partial charge >= 0.3 is 0 Å². The van der Waals surface area contributed by atoms with Crippen molar-refractivity contribution in [3.05, 3.63) is 70.8 Å². The summed E-state index contributed by atoms with van der Waals surface area (Å²) >= 11 is 15.9. The Morgan fingerprint density at radius 1 is 1.04 bits per heavy atom. The second kappa shape index (κ2) is 11.3. The normalized spacial score (nSPS) is 10.3. The van der Waals surface area contributed by atoms with E-state index in [1.54, 1.807) is 0 Å². The van der Waals surface area contributed by atoms with Crippen LogP contribution in [0.25, 0.3) is 0 Å². The van der Waals surface area contributed by atoms with Gasteiger partial charge in [-0.15, -0.1) is 12.6 Å². The van der Waals surface area contributed by atoms with Crippen molar-refractivity contribution in [2.75, 3.05) is 0 Å². The minimum absolute atomic E-state index is 0.283. The lowest BCUT2D eigenvalue weighted by Crippen LogP contribution is -2.13. The van der Waals surface area contributed by atoms with Crippen LogP contribution in [-0.4, -0.2) is 13.1 Å². The molecule has 144 valence electrons. The molecule has 0 atom stereocenters. The molecule has 0 heterocycles. The average Bonchev–Trinajstić information content (AvgIpc) is 2.68. The third-order valence-electron chi connectivity index (χ3n) is 3.66. The topological polar surface area (TPSA) is 47.6 Å². The highest BCUT2D eigenvalue weighted by Gasteiger charge is 2.20. The van der Waals surface area contributed by atoms with Crippen molar-refractivity contribution in [2.45, 2.75) is 38.4 Å². The van der Waals surface area contributed by atoms with E-state index in [9.17, 15) is 0 Å². The summed E-state index contributed by atoms with van der Waals surface area (Å²) in [5.74, 6) is 0.283. The van der Waals surface area contributed by atoms with Crippen molar-refractivity contribution in [2.24, 2.45) is 0 Å². The third kappa shape index (κ3) is 7.37. The number of benzene rings is 2. The molecule has 0 fully saturated rings. The largest absolute Gasteiger partial charge is 0.197 e. The third-order valence-corrected chi connectivity index (χ3v) is 5.63. The maximum atomic E-state index is 8.96. The second-order valence-electron chi connectivity index (χ2n) is 6.72. The van der Waals surface area contributed by atoms with Crippen LogP contribution in [0.4, 0.5) is 0 Å². The van der Waals surface area contributed by atoms with Crippen molar-refractivity contribution in [3.63, 3.8) is 0 Å². The minimum Gasteiger partial charge on any atom is -0.197 e. The standard InChI is InChI=1S/2C11H11NS2/c1-7(2)10-8(6-12)4-3-5-9(10)11(13)14;1-11(2,8-12)14-10(13)9-6-4-3-5-7-9/h3-5,7H,1-2H3,(H,13,14);3-7H,1-2H3. The van der Waals surface area contributed by atoms with Crippen LogP contribution in [0.2, 0.25) is 0 Å². The van der Waals surface area contributed by atoms with Gasteiger partial charge in [0.2, 0.25) is 0 Å². The number of thiocarbonyl (C=S) groups is 2. The lowest BCUT2D eigenvalue weighted by Gasteiger charge is -2.14. The van der Waals surface area contributed by atoms with Gasteiger partial charge in [0.15, 0.2) is 0 Å². The Kier molecular flexibility index (Phi) is 9.85. The van der Waals surface area contributed by atoms with Gasteiger partial charge in [0.05, 0.1) is 26.1 Å². The van der Waals surface area contributed by atoms with Gasteiger partial charge in [-0.05, 0) is 37.0 Å². The first kappa shape index (κ1) is 24.3. The first-order chi connectivity index (χ1) is 13.1. The number of rotatable bonds is 4. The summed E-state index contributed by atoms with van der Waals surface area (Å²) in [6.07, 6.45) is 0. The molecule has 2 aromatic carbocycles. The summed E-state index contributed by atoms with van der Waals surface area (Å²) in [6, 6.07) is 19.7. The second-order valence-corrected chi connectivity index (χ2v) is 10.2. The Balaban J connectivity index is 0.000000280. The lowest BCUT2D eigenvalue weighted by atomic mass is 9.93. The number of hydrogen-bond acceptors (Lipinski definition) is 5. The number of nitrogens with zero attached hydrogens (tertiary/aromatic N) is 2. The van der Waals surface area contributed by atoms with Crippen molar-refractivity contribution < 1.29 is 0 Å². The molecule has 0 unspecified atom stereocenters. The molecule has 28 heavy (non-hydrogen) atoms. The maximum absolute atomic E-state index is 8.96. The van der Waals surface area contributed by atoms with E-state index in [-0.39, 0.29) is 5.92 Å². The van der Waals surface area contributed by atoms with Crippen molar-refractivity contribution in [1.82, 2.24) is 0 Å². The minimum atomic E-state index is -0.451. The Labute approximate surface area is 188 Å². The van der Waals surface area contributed by atoms with Crippen LogP contribution in [-0.2, 0) is 0 Å². The van der Waals surface area contributed by atoms with Crippen LogP contribution in [0.5, 0.6) is 0 Å². The van der Waals surface area contributed by atoms with Crippen molar-refractivity contribution in [3.8, 4) is 12.1 Å². The van der Waals surface area contributed by atoms with Crippen LogP contribution in [0.15, 0.2) is 48.5 Å². The molecule has 0 aliphatic rings. The van der Waals surface area contributed by atoms with E-state index in [1.807, 2.05) is 76.2 Å². The maximum Gasteiger partial charge on any atom is 0.102 e. The predicted octanol–water partition coefficient (Wildman–Crippen LogP) is 6.68. The Hall–Kier alpha value is -1.70. The van der Waals surface area contributed by atoms with Crippen molar-refractivity contribution in [1.29, 1.82) is 10.5 Å². The van der Waals surface area contributed by atoms with Crippen molar-refractivity contribution >= 4 is 57.2 Å². The zero-order valence-electron chi connectivity index (χ0n) is 16.3. The first-order valence-corrected chi connectivity index (χ1v) is 10.7. The number of thioether (sulfide) groups is 1. The summed E-state index contributed by atoms with van der Waals surface area (Å²) in [6.45, 7) is 7.83. The number of thiol groups is 1. The summed E-state index contributed by atoms with van der Waals surface area (Å²) in [5, 5.41) is 17.8. The highest BCUT2D eigenvalue weighted by molar-refractivity contribution is 8.24. The molecule has 0 aliphatic heterocycles. The fraction of sp³-hybridized carbons (Fsp3) is 0.273. The van der Waals surface area contributed by atoms with E-state index in [0.29, 0.717) is 9.76 Å². The Morgan fingerprint density at radius 3 is 2.11 bits per heavy atom. The van der Waals surface area contributed by atoms with Crippen LogP contribution in [0, 0.1) is 22.7 Å². The van der Waals surface area contributed by atoms with E-state index >= 15 is 0 Å². The molecule has 0 spiro atoms. The summed E-state index contributed by atoms with van der Waals surface area (Å²) in [5.41, 5.74) is 3.59. The molecule has 2 aromatic rings. The number of hydrogen-bond donors (Lipinski definition) is 1. The SMILES string of the molecule is CC(C)(C#N)SC(=S)c1ccccc1.CC(C)c1c(C#N)cccc1C(=S)S. The molecule has 0 N–H and O–H groups in total. The van der Waals surface area contributed by atoms with Gasteiger partial charge in [0.1, 0.15) is 4.75 Å². The van der Waals surface area contributed by atoms with Crippen LogP contribution in [0.1, 0.15) is 55.9 Å². The summed E-state index contributed by atoms with van der Waals surface area (Å²) in [4.78, 5) is 0. The first-order valence-electron chi connectivity index (χ1n) is 8.59. The fourth-order valence-electron chi connectivity index (χ4n) is 2.36. The van der Waals surface area contributed by atoms with E-state index in [2.05, 4.69) is 24.8 Å². The van der Waals surface area contributed by atoms with Crippen LogP contribution >= 0.6 is 48.8 Å². The highest BCUT2D eigenvalue weighted by Crippen LogP contribution is 2.28. The molecule has 0 aliphatic carbocycles. The summed E-state index contributed by atoms with van der Waals surface area (Å²) < 4.78 is 0.871. The summed E-state index contributed by atoms with van der Waals surface area (Å²) in [7, 11) is 0. The van der Waals surface area contributed by atoms with E-state index < -0.39 is 4.75 Å². The molecule has 2 rings (SSSR count). The Bertz CT molecular complexity index is 920. The molecule has 6 heteroatoms. The molecule has 0 amide bonds. The molecule has 0 saturated carbocycles. The Morgan fingerprint density at radius 2 is 1.64 bits per heavy atom. The van der Waals surface area contributed by atoms with E-state index in [4.69, 9.17) is 35.0 Å². The van der Waals surface area contributed by atoms with Gasteiger partial charge in [-0.1, -0.05) is 92.5 Å². The van der Waals surface area contributed by atoms with Gasteiger partial charge < -0.3 is 0 Å². The zero-order chi connectivity index (χ0) is 21.3. The zero-order valence-corrected chi connectivity index (χ0v) is 19.6. The number of nitriles is 2. The molecule has 0 aromatic heterocycles. The van der Waals surface area contributed by atoms with Gasteiger partial charge in [-0.2, -0.15) is 10.5 Å². The van der Waals surface area contributed by atoms with Crippen LogP contribution < -0.4 is 0 Å². The molecule has 0 bridgehead atoms. The van der Waals surface area contributed by atoms with Crippen LogP contribution in [0.3, 0.4) is 0 Å². The molecule has 2 nitrogen and oxygen atoms in total. The van der Waals surface area contributed by atoms with E-state index in [0.717, 1.165) is 20.9 Å². The quantitative estimate of drug-likeness (QED) is 0.422. The van der Waals surface area contributed by atoms with Gasteiger partial charge in [-0.3, -0.25) is 0 Å². The monoisotopic (exact) mass is 442 g/mol. The highest BCUT2D eigenvalue weighted by atomic mass is 32.2. The molecule has 0 saturated heterocycles. The molecular weight excluding hydrogens is 421 g/mol. The van der Waals surface area contributed by atoms with Gasteiger partial charge in [0, 0.05) is 5.56 Å². The van der Waals surface area contributed by atoms with Gasteiger partial charge in [-0.25, -0.2) is 0 Å². The van der Waals surface area contributed by atoms with E-state index in [1.165, 1.54) is 11.8 Å². The molecule has 0 radical (unpaired) electrons.